The number of carbonyl (C=O) groups is 1. The van der Waals surface area contributed by atoms with Crippen LogP contribution in [0, 0.1) is 0 Å². The summed E-state index contributed by atoms with van der Waals surface area (Å²) in [5, 5.41) is 5.79. The Balaban J connectivity index is 1.95. The van der Waals surface area contributed by atoms with Crippen LogP contribution in [0.4, 0.5) is 5.69 Å². The van der Waals surface area contributed by atoms with Crippen molar-refractivity contribution in [1.29, 1.82) is 0 Å². The van der Waals surface area contributed by atoms with E-state index in [4.69, 9.17) is 16.3 Å². The number of hydrogen-bond donors (Lipinski definition) is 2. The van der Waals surface area contributed by atoms with Crippen molar-refractivity contribution in [2.45, 2.75) is 11.4 Å². The van der Waals surface area contributed by atoms with E-state index in [-0.39, 0.29) is 22.4 Å². The number of benzene rings is 2. The highest BCUT2D eigenvalue weighted by atomic mass is 35.5. The molecule has 2 rings (SSSR count). The quantitative estimate of drug-likeness (QED) is 0.696. The minimum absolute atomic E-state index is 0.0573. The third kappa shape index (κ3) is 5.67. The van der Waals surface area contributed by atoms with Crippen LogP contribution in [0.25, 0.3) is 0 Å². The Morgan fingerprint density at radius 3 is 2.41 bits per heavy atom. The first-order valence-electron chi connectivity index (χ1n) is 8.09. The van der Waals surface area contributed by atoms with Crippen molar-refractivity contribution in [2.75, 3.05) is 33.1 Å². The molecule has 27 heavy (non-hydrogen) atoms. The van der Waals surface area contributed by atoms with Gasteiger partial charge in [-0.05, 0) is 35.9 Å². The number of amides is 1. The van der Waals surface area contributed by atoms with Crippen LogP contribution >= 0.6 is 11.6 Å². The molecule has 0 radical (unpaired) electrons. The van der Waals surface area contributed by atoms with Gasteiger partial charge in [-0.15, -0.1) is 0 Å². The van der Waals surface area contributed by atoms with Crippen LogP contribution in [0.5, 0.6) is 5.75 Å². The van der Waals surface area contributed by atoms with Crippen molar-refractivity contribution >= 4 is 33.2 Å². The van der Waals surface area contributed by atoms with Gasteiger partial charge in [-0.3, -0.25) is 4.79 Å². The molecule has 2 aromatic rings. The topological polar surface area (TPSA) is 87.7 Å². The average Bonchev–Trinajstić information content (AvgIpc) is 2.63. The van der Waals surface area contributed by atoms with E-state index in [0.717, 1.165) is 15.6 Å². The van der Waals surface area contributed by atoms with Crippen LogP contribution in [0.2, 0.25) is 5.02 Å². The molecule has 0 saturated carbocycles. The van der Waals surface area contributed by atoms with Gasteiger partial charge < -0.3 is 15.4 Å². The Hall–Kier alpha value is -2.13. The third-order valence-electron chi connectivity index (χ3n) is 3.75. The Morgan fingerprint density at radius 1 is 1.15 bits per heavy atom. The first-order chi connectivity index (χ1) is 12.7. The predicted octanol–water partition coefficient (Wildman–Crippen LogP) is 2.33. The Morgan fingerprint density at radius 2 is 1.81 bits per heavy atom. The smallest absolute Gasteiger partial charge is 0.244 e. The van der Waals surface area contributed by atoms with E-state index >= 15 is 0 Å². The zero-order valence-electron chi connectivity index (χ0n) is 15.3. The Labute approximate surface area is 164 Å². The van der Waals surface area contributed by atoms with Crippen LogP contribution < -0.4 is 15.4 Å². The maximum Gasteiger partial charge on any atom is 0.244 e. The van der Waals surface area contributed by atoms with Crippen molar-refractivity contribution in [2.24, 2.45) is 0 Å². The molecule has 0 aliphatic heterocycles. The summed E-state index contributed by atoms with van der Waals surface area (Å²) in [5.74, 6) is 0.474. The molecular weight excluding hydrogens is 390 g/mol. The van der Waals surface area contributed by atoms with Gasteiger partial charge in [-0.2, -0.15) is 0 Å². The number of hydrogen-bond acceptors (Lipinski definition) is 5. The summed E-state index contributed by atoms with van der Waals surface area (Å²) in [6, 6.07) is 11.8. The number of ether oxygens (including phenoxy) is 1. The summed E-state index contributed by atoms with van der Waals surface area (Å²) in [4.78, 5) is 12.0. The summed E-state index contributed by atoms with van der Waals surface area (Å²) in [7, 11) is 0.734. The third-order valence-corrected chi connectivity index (χ3v) is 6.04. The highest BCUT2D eigenvalue weighted by molar-refractivity contribution is 7.89. The monoisotopic (exact) mass is 411 g/mol. The van der Waals surface area contributed by atoms with Crippen LogP contribution in [0.15, 0.2) is 47.4 Å². The second-order valence-electron chi connectivity index (χ2n) is 5.93. The molecular formula is C18H22ClN3O4S. The lowest BCUT2D eigenvalue weighted by atomic mass is 10.2. The normalized spacial score (nSPS) is 11.4. The maximum atomic E-state index is 12.3. The molecule has 0 aromatic heterocycles. The summed E-state index contributed by atoms with van der Waals surface area (Å²) in [6.07, 6.45) is 0. The molecule has 2 aromatic carbocycles. The fourth-order valence-electron chi connectivity index (χ4n) is 2.24. The molecule has 7 nitrogen and oxygen atoms in total. The summed E-state index contributed by atoms with van der Waals surface area (Å²) in [6.45, 7) is 0.586. The molecule has 0 aliphatic rings. The largest absolute Gasteiger partial charge is 0.497 e. The van der Waals surface area contributed by atoms with Gasteiger partial charge in [0.1, 0.15) is 10.6 Å². The molecule has 9 heteroatoms. The van der Waals surface area contributed by atoms with Crippen LogP contribution in [-0.4, -0.2) is 46.4 Å². The molecule has 0 spiro atoms. The zero-order chi connectivity index (χ0) is 20.0. The molecule has 0 heterocycles. The van der Waals surface area contributed by atoms with Crippen molar-refractivity contribution in [3.05, 3.63) is 53.1 Å². The van der Waals surface area contributed by atoms with Gasteiger partial charge in [0.15, 0.2) is 0 Å². The van der Waals surface area contributed by atoms with E-state index in [0.29, 0.717) is 12.2 Å². The van der Waals surface area contributed by atoms with E-state index in [1.165, 1.54) is 26.2 Å². The second-order valence-corrected chi connectivity index (χ2v) is 8.46. The molecule has 0 saturated heterocycles. The second kappa shape index (κ2) is 9.18. The van der Waals surface area contributed by atoms with Gasteiger partial charge in [-0.25, -0.2) is 12.7 Å². The first-order valence-corrected chi connectivity index (χ1v) is 9.91. The lowest BCUT2D eigenvalue weighted by Crippen LogP contribution is -2.28. The standard InChI is InChI=1S/C18H22ClN3O4S/c1-22(2)27(24,25)17-10-14(6-9-16(17)19)21-18(23)12-20-11-13-4-7-15(26-3)8-5-13/h4-10,20H,11-12H2,1-3H3,(H,21,23). The lowest BCUT2D eigenvalue weighted by molar-refractivity contribution is -0.115. The molecule has 0 fully saturated rings. The van der Waals surface area contributed by atoms with Gasteiger partial charge in [0.25, 0.3) is 0 Å². The molecule has 1 amide bonds. The van der Waals surface area contributed by atoms with Gasteiger partial charge in [0, 0.05) is 26.3 Å². The molecule has 0 bridgehead atoms. The van der Waals surface area contributed by atoms with Gasteiger partial charge >= 0.3 is 0 Å². The summed E-state index contributed by atoms with van der Waals surface area (Å²) in [5.41, 5.74) is 1.37. The van der Waals surface area contributed by atoms with Gasteiger partial charge in [0.2, 0.25) is 15.9 Å². The Kier molecular flexibility index (Phi) is 7.20. The Bertz CT molecular complexity index is 899. The van der Waals surface area contributed by atoms with E-state index in [1.807, 2.05) is 24.3 Å². The maximum absolute atomic E-state index is 12.3. The summed E-state index contributed by atoms with van der Waals surface area (Å²) >= 11 is 5.99. The van der Waals surface area contributed by atoms with Crippen molar-refractivity contribution in [3.63, 3.8) is 0 Å². The van der Waals surface area contributed by atoms with E-state index < -0.39 is 10.0 Å². The predicted molar refractivity (Wildman–Crippen MR) is 106 cm³/mol. The minimum Gasteiger partial charge on any atom is -0.497 e. The van der Waals surface area contributed by atoms with E-state index in [9.17, 15) is 13.2 Å². The molecule has 146 valence electrons. The van der Waals surface area contributed by atoms with Gasteiger partial charge in [0.05, 0.1) is 18.7 Å². The van der Waals surface area contributed by atoms with E-state index in [1.54, 1.807) is 13.2 Å². The van der Waals surface area contributed by atoms with Crippen LogP contribution in [-0.2, 0) is 21.4 Å². The fourth-order valence-corrected chi connectivity index (χ4v) is 3.64. The van der Waals surface area contributed by atoms with Crippen LogP contribution in [0.1, 0.15) is 5.56 Å². The van der Waals surface area contributed by atoms with Crippen molar-refractivity contribution in [3.8, 4) is 5.75 Å². The highest BCUT2D eigenvalue weighted by Crippen LogP contribution is 2.26. The number of halogens is 1. The van der Waals surface area contributed by atoms with Crippen LogP contribution in [0.3, 0.4) is 0 Å². The lowest BCUT2D eigenvalue weighted by Gasteiger charge is -2.14. The number of nitrogens with one attached hydrogen (secondary N) is 2. The number of carbonyl (C=O) groups excluding carboxylic acids is 1. The first kappa shape index (κ1) is 21.2. The number of rotatable bonds is 8. The van der Waals surface area contributed by atoms with Gasteiger partial charge in [-0.1, -0.05) is 23.7 Å². The number of nitrogens with zero attached hydrogens (tertiary/aromatic N) is 1. The molecule has 0 aliphatic carbocycles. The van der Waals surface area contributed by atoms with Crippen molar-refractivity contribution < 1.29 is 17.9 Å². The van der Waals surface area contributed by atoms with E-state index in [2.05, 4.69) is 10.6 Å². The zero-order valence-corrected chi connectivity index (χ0v) is 16.9. The average molecular weight is 412 g/mol. The SMILES string of the molecule is COc1ccc(CNCC(=O)Nc2ccc(Cl)c(S(=O)(=O)N(C)C)c2)cc1. The van der Waals surface area contributed by atoms with Crippen molar-refractivity contribution in [1.82, 2.24) is 9.62 Å². The molecule has 0 atom stereocenters. The minimum atomic E-state index is -3.70. The molecule has 0 unspecified atom stereocenters. The highest BCUT2D eigenvalue weighted by Gasteiger charge is 2.21. The fraction of sp³-hybridized carbons (Fsp3) is 0.278. The number of methoxy groups -OCH3 is 1. The number of sulfonamides is 1. The summed E-state index contributed by atoms with van der Waals surface area (Å²) < 4.78 is 30.7. The number of anilines is 1. The molecule has 2 N–H and O–H groups in total.